The Morgan fingerprint density at radius 3 is 2.07 bits per heavy atom. The van der Waals surface area contributed by atoms with Gasteiger partial charge in [0, 0.05) is 12.6 Å². The SMILES string of the molecule is CCC(CC)CN(CC(=O)O)C(C)C. The number of carbonyl (C=O) groups is 1. The molecule has 0 rings (SSSR count). The Hall–Kier alpha value is -0.570. The molecule has 0 saturated heterocycles. The Morgan fingerprint density at radius 2 is 1.79 bits per heavy atom. The van der Waals surface area contributed by atoms with Crippen LogP contribution >= 0.6 is 0 Å². The lowest BCUT2D eigenvalue weighted by Gasteiger charge is -2.28. The van der Waals surface area contributed by atoms with E-state index in [0.29, 0.717) is 12.0 Å². The maximum Gasteiger partial charge on any atom is 0.317 e. The first-order valence-electron chi connectivity index (χ1n) is 5.47. The fraction of sp³-hybridized carbons (Fsp3) is 0.909. The standard InChI is InChI=1S/C11H23NO2/c1-5-10(6-2)7-12(9(3)4)8-11(13)14/h9-10H,5-8H2,1-4H3,(H,13,14). The van der Waals surface area contributed by atoms with Gasteiger partial charge in [0.25, 0.3) is 0 Å². The third-order valence-electron chi connectivity index (χ3n) is 2.72. The molecule has 0 heterocycles. The van der Waals surface area contributed by atoms with Gasteiger partial charge in [-0.25, -0.2) is 0 Å². The normalized spacial score (nSPS) is 11.6. The van der Waals surface area contributed by atoms with Crippen molar-refractivity contribution in [3.05, 3.63) is 0 Å². The maximum atomic E-state index is 10.6. The van der Waals surface area contributed by atoms with Crippen LogP contribution in [0.5, 0.6) is 0 Å². The quantitative estimate of drug-likeness (QED) is 0.686. The topological polar surface area (TPSA) is 40.5 Å². The zero-order chi connectivity index (χ0) is 11.1. The molecule has 0 saturated carbocycles. The van der Waals surface area contributed by atoms with Crippen LogP contribution < -0.4 is 0 Å². The van der Waals surface area contributed by atoms with Crippen LogP contribution in [-0.4, -0.2) is 35.1 Å². The zero-order valence-corrected chi connectivity index (χ0v) is 9.79. The highest BCUT2D eigenvalue weighted by atomic mass is 16.4. The Balaban J connectivity index is 4.13. The van der Waals surface area contributed by atoms with Crippen LogP contribution in [0.4, 0.5) is 0 Å². The van der Waals surface area contributed by atoms with Crippen LogP contribution in [0, 0.1) is 5.92 Å². The molecule has 0 radical (unpaired) electrons. The van der Waals surface area contributed by atoms with Crippen LogP contribution in [0.15, 0.2) is 0 Å². The maximum absolute atomic E-state index is 10.6. The summed E-state index contributed by atoms with van der Waals surface area (Å²) in [7, 11) is 0. The summed E-state index contributed by atoms with van der Waals surface area (Å²) >= 11 is 0. The van der Waals surface area contributed by atoms with E-state index in [1.165, 1.54) is 0 Å². The van der Waals surface area contributed by atoms with Crippen LogP contribution in [0.1, 0.15) is 40.5 Å². The Kier molecular flexibility index (Phi) is 6.54. The number of aliphatic carboxylic acids is 1. The minimum absolute atomic E-state index is 0.161. The molecule has 0 aromatic carbocycles. The molecular formula is C11H23NO2. The average Bonchev–Trinajstić information content (AvgIpc) is 2.11. The van der Waals surface area contributed by atoms with Crippen molar-refractivity contribution in [3.8, 4) is 0 Å². The van der Waals surface area contributed by atoms with E-state index in [-0.39, 0.29) is 6.54 Å². The first kappa shape index (κ1) is 13.4. The van der Waals surface area contributed by atoms with Crippen LogP contribution in [0.3, 0.4) is 0 Å². The van der Waals surface area contributed by atoms with Crippen LogP contribution in [0.25, 0.3) is 0 Å². The van der Waals surface area contributed by atoms with E-state index in [0.717, 1.165) is 19.4 Å². The van der Waals surface area contributed by atoms with Gasteiger partial charge in [0.1, 0.15) is 0 Å². The molecule has 3 nitrogen and oxygen atoms in total. The molecule has 1 N–H and O–H groups in total. The highest BCUT2D eigenvalue weighted by Crippen LogP contribution is 2.11. The lowest BCUT2D eigenvalue weighted by Crippen LogP contribution is -2.39. The number of carboxylic acid groups (broad SMARTS) is 1. The largest absolute Gasteiger partial charge is 0.480 e. The fourth-order valence-corrected chi connectivity index (χ4v) is 1.51. The molecule has 0 bridgehead atoms. The van der Waals surface area contributed by atoms with Crippen LogP contribution in [-0.2, 0) is 4.79 Å². The van der Waals surface area contributed by atoms with Gasteiger partial charge in [-0.15, -0.1) is 0 Å². The molecule has 0 aliphatic rings. The number of hydrogen-bond acceptors (Lipinski definition) is 2. The number of carboxylic acids is 1. The third kappa shape index (κ3) is 5.22. The minimum Gasteiger partial charge on any atom is -0.480 e. The van der Waals surface area contributed by atoms with Crippen molar-refractivity contribution in [1.29, 1.82) is 0 Å². The van der Waals surface area contributed by atoms with E-state index < -0.39 is 5.97 Å². The molecule has 0 aliphatic carbocycles. The molecule has 0 aromatic heterocycles. The number of hydrogen-bond donors (Lipinski definition) is 1. The second-order valence-corrected chi connectivity index (χ2v) is 4.10. The molecule has 0 unspecified atom stereocenters. The van der Waals surface area contributed by atoms with E-state index in [1.807, 2.05) is 18.7 Å². The molecule has 3 heteroatoms. The molecule has 0 spiro atoms. The van der Waals surface area contributed by atoms with Gasteiger partial charge >= 0.3 is 5.97 Å². The lowest BCUT2D eigenvalue weighted by molar-refractivity contribution is -0.139. The van der Waals surface area contributed by atoms with Crippen molar-refractivity contribution < 1.29 is 9.90 Å². The van der Waals surface area contributed by atoms with E-state index in [9.17, 15) is 4.79 Å². The summed E-state index contributed by atoms with van der Waals surface area (Å²) in [5.41, 5.74) is 0. The van der Waals surface area contributed by atoms with Gasteiger partial charge in [-0.1, -0.05) is 26.7 Å². The first-order chi connectivity index (χ1) is 6.51. The van der Waals surface area contributed by atoms with Crippen LogP contribution in [0.2, 0.25) is 0 Å². The highest BCUT2D eigenvalue weighted by molar-refractivity contribution is 5.69. The summed E-state index contributed by atoms with van der Waals surface area (Å²) in [4.78, 5) is 12.7. The number of rotatable bonds is 7. The first-order valence-corrected chi connectivity index (χ1v) is 5.47. The molecule has 0 fully saturated rings. The minimum atomic E-state index is -0.732. The summed E-state index contributed by atoms with van der Waals surface area (Å²) in [5.74, 6) is -0.110. The average molecular weight is 201 g/mol. The second kappa shape index (κ2) is 6.82. The zero-order valence-electron chi connectivity index (χ0n) is 9.79. The summed E-state index contributed by atoms with van der Waals surface area (Å²) in [6, 6.07) is 0.312. The van der Waals surface area contributed by atoms with Crippen molar-refractivity contribution in [3.63, 3.8) is 0 Å². The summed E-state index contributed by atoms with van der Waals surface area (Å²) in [5, 5.41) is 8.75. The number of nitrogens with zero attached hydrogens (tertiary/aromatic N) is 1. The molecule has 14 heavy (non-hydrogen) atoms. The van der Waals surface area contributed by atoms with Gasteiger partial charge in [0.05, 0.1) is 6.54 Å². The fourth-order valence-electron chi connectivity index (χ4n) is 1.51. The summed E-state index contributed by atoms with van der Waals surface area (Å²) in [6.07, 6.45) is 2.25. The summed E-state index contributed by atoms with van der Waals surface area (Å²) in [6.45, 7) is 9.47. The van der Waals surface area contributed by atoms with Crippen molar-refractivity contribution in [1.82, 2.24) is 4.90 Å². The van der Waals surface area contributed by atoms with Gasteiger partial charge in [-0.05, 0) is 19.8 Å². The predicted molar refractivity (Wildman–Crippen MR) is 58.4 cm³/mol. The molecule has 0 amide bonds. The van der Waals surface area contributed by atoms with E-state index in [1.54, 1.807) is 0 Å². The molecule has 0 atom stereocenters. The Morgan fingerprint density at radius 1 is 1.29 bits per heavy atom. The second-order valence-electron chi connectivity index (χ2n) is 4.10. The predicted octanol–water partition coefficient (Wildman–Crippen LogP) is 2.22. The highest BCUT2D eigenvalue weighted by Gasteiger charge is 2.16. The smallest absolute Gasteiger partial charge is 0.317 e. The van der Waals surface area contributed by atoms with Gasteiger partial charge in [-0.2, -0.15) is 0 Å². The van der Waals surface area contributed by atoms with Gasteiger partial charge in [0.15, 0.2) is 0 Å². The van der Waals surface area contributed by atoms with Crippen molar-refractivity contribution in [2.75, 3.05) is 13.1 Å². The van der Waals surface area contributed by atoms with E-state index in [2.05, 4.69) is 13.8 Å². The van der Waals surface area contributed by atoms with Gasteiger partial charge < -0.3 is 5.11 Å². The monoisotopic (exact) mass is 201 g/mol. The van der Waals surface area contributed by atoms with Crippen molar-refractivity contribution in [2.24, 2.45) is 5.92 Å². The van der Waals surface area contributed by atoms with E-state index in [4.69, 9.17) is 5.11 Å². The van der Waals surface area contributed by atoms with Crippen molar-refractivity contribution >= 4 is 5.97 Å². The van der Waals surface area contributed by atoms with Gasteiger partial charge in [0.2, 0.25) is 0 Å². The Labute approximate surface area is 87.1 Å². The molecule has 0 aliphatic heterocycles. The van der Waals surface area contributed by atoms with Crippen molar-refractivity contribution in [2.45, 2.75) is 46.6 Å². The van der Waals surface area contributed by atoms with Gasteiger partial charge in [-0.3, -0.25) is 9.69 Å². The molecule has 0 aromatic rings. The summed E-state index contributed by atoms with van der Waals surface area (Å²) < 4.78 is 0. The Bertz CT molecular complexity index is 165. The molecule has 84 valence electrons. The lowest BCUT2D eigenvalue weighted by atomic mass is 10.0. The van der Waals surface area contributed by atoms with E-state index >= 15 is 0 Å². The third-order valence-corrected chi connectivity index (χ3v) is 2.72. The molecular weight excluding hydrogens is 178 g/mol.